The second kappa shape index (κ2) is 9.54. The average Bonchev–Trinajstić information content (AvgIpc) is 2.45. The molecule has 0 fully saturated rings. The van der Waals surface area contributed by atoms with Crippen LogP contribution in [0.15, 0.2) is 24.3 Å². The van der Waals surface area contributed by atoms with Gasteiger partial charge in [-0.3, -0.25) is 4.79 Å². The van der Waals surface area contributed by atoms with Gasteiger partial charge in [-0.15, -0.1) is 0 Å². The molecule has 3 nitrogen and oxygen atoms in total. The van der Waals surface area contributed by atoms with Crippen molar-refractivity contribution in [2.75, 3.05) is 6.61 Å². The summed E-state index contributed by atoms with van der Waals surface area (Å²) >= 11 is 0. The molecule has 112 valence electrons. The first-order valence-corrected chi connectivity index (χ1v) is 7.67. The Hall–Kier alpha value is -1.35. The maximum atomic E-state index is 11.5. The van der Waals surface area contributed by atoms with E-state index < -0.39 is 6.04 Å². The molecule has 0 saturated carbocycles. The summed E-state index contributed by atoms with van der Waals surface area (Å²) in [6, 6.07) is 7.84. The number of hydrogen-bond acceptors (Lipinski definition) is 3. The molecule has 0 aromatic heterocycles. The summed E-state index contributed by atoms with van der Waals surface area (Å²) in [6.07, 6.45) is 6.79. The molecule has 0 heterocycles. The van der Waals surface area contributed by atoms with Gasteiger partial charge in [-0.25, -0.2) is 0 Å². The average molecular weight is 277 g/mol. The molecule has 1 rings (SSSR count). The normalized spacial score (nSPS) is 12.2. The van der Waals surface area contributed by atoms with Gasteiger partial charge in [0, 0.05) is 0 Å². The van der Waals surface area contributed by atoms with Crippen LogP contribution in [0.4, 0.5) is 0 Å². The van der Waals surface area contributed by atoms with E-state index in [0.717, 1.165) is 12.0 Å². The van der Waals surface area contributed by atoms with Gasteiger partial charge in [0.1, 0.15) is 6.04 Å². The number of ether oxygens (including phenoxy) is 1. The molecular weight excluding hydrogens is 250 g/mol. The van der Waals surface area contributed by atoms with Crippen LogP contribution >= 0.6 is 0 Å². The van der Waals surface area contributed by atoms with Crippen molar-refractivity contribution in [3.8, 4) is 0 Å². The van der Waals surface area contributed by atoms with Crippen molar-refractivity contribution in [1.29, 1.82) is 0 Å². The molecule has 0 saturated heterocycles. The Morgan fingerprint density at radius 1 is 1.10 bits per heavy atom. The minimum absolute atomic E-state index is 0.323. The first kappa shape index (κ1) is 16.7. The van der Waals surface area contributed by atoms with E-state index in [2.05, 4.69) is 31.2 Å². The summed E-state index contributed by atoms with van der Waals surface area (Å²) in [7, 11) is 0. The highest BCUT2D eigenvalue weighted by Crippen LogP contribution is 2.11. The monoisotopic (exact) mass is 277 g/mol. The third kappa shape index (κ3) is 6.20. The maximum absolute atomic E-state index is 11.5. The predicted molar refractivity (Wildman–Crippen MR) is 82.6 cm³/mol. The van der Waals surface area contributed by atoms with Crippen molar-refractivity contribution in [2.24, 2.45) is 5.73 Å². The number of aryl methyl sites for hydroxylation is 1. The van der Waals surface area contributed by atoms with Crippen molar-refractivity contribution in [1.82, 2.24) is 0 Å². The number of esters is 1. The Kier molecular flexibility index (Phi) is 7.97. The number of nitrogens with two attached hydrogens (primary N) is 1. The van der Waals surface area contributed by atoms with Crippen molar-refractivity contribution in [3.05, 3.63) is 35.4 Å². The molecule has 0 spiro atoms. The van der Waals surface area contributed by atoms with Crippen LogP contribution in [0.3, 0.4) is 0 Å². The van der Waals surface area contributed by atoms with Crippen LogP contribution in [-0.2, 0) is 22.4 Å². The van der Waals surface area contributed by atoms with Crippen LogP contribution < -0.4 is 5.73 Å². The molecule has 0 bridgehead atoms. The molecule has 1 aromatic carbocycles. The van der Waals surface area contributed by atoms with Gasteiger partial charge in [0.15, 0.2) is 0 Å². The third-order valence-electron chi connectivity index (χ3n) is 3.39. The Morgan fingerprint density at radius 2 is 1.75 bits per heavy atom. The standard InChI is InChI=1S/C17H27NO2/c1-3-5-6-7-8-14-9-11-15(12-10-14)13-16(18)17(19)20-4-2/h9-12,16H,3-8,13,18H2,1-2H3. The summed E-state index contributed by atoms with van der Waals surface area (Å²) in [6.45, 7) is 4.39. The van der Waals surface area contributed by atoms with Gasteiger partial charge >= 0.3 is 5.97 Å². The van der Waals surface area contributed by atoms with E-state index in [1.165, 1.54) is 31.2 Å². The van der Waals surface area contributed by atoms with E-state index in [4.69, 9.17) is 10.5 Å². The molecule has 3 heteroatoms. The Bertz CT molecular complexity index is 386. The molecule has 1 aromatic rings. The lowest BCUT2D eigenvalue weighted by atomic mass is 10.0. The summed E-state index contributed by atoms with van der Waals surface area (Å²) in [5.41, 5.74) is 8.25. The molecule has 0 amide bonds. The summed E-state index contributed by atoms with van der Waals surface area (Å²) in [5, 5.41) is 0. The molecular formula is C17H27NO2. The first-order chi connectivity index (χ1) is 9.67. The zero-order chi connectivity index (χ0) is 14.8. The topological polar surface area (TPSA) is 52.3 Å². The number of benzene rings is 1. The van der Waals surface area contributed by atoms with E-state index >= 15 is 0 Å². The van der Waals surface area contributed by atoms with Gasteiger partial charge in [-0.1, -0.05) is 50.5 Å². The number of carbonyl (C=O) groups is 1. The fourth-order valence-corrected chi connectivity index (χ4v) is 2.18. The second-order valence-corrected chi connectivity index (χ2v) is 5.19. The van der Waals surface area contributed by atoms with Crippen LogP contribution in [0.25, 0.3) is 0 Å². The maximum Gasteiger partial charge on any atom is 0.323 e. The minimum Gasteiger partial charge on any atom is -0.465 e. The van der Waals surface area contributed by atoms with Crippen molar-refractivity contribution in [2.45, 2.75) is 58.4 Å². The predicted octanol–water partition coefficient (Wildman–Crippen LogP) is 3.24. The van der Waals surface area contributed by atoms with Gasteiger partial charge in [0.25, 0.3) is 0 Å². The molecule has 20 heavy (non-hydrogen) atoms. The molecule has 1 atom stereocenters. The van der Waals surface area contributed by atoms with E-state index in [9.17, 15) is 4.79 Å². The van der Waals surface area contributed by atoms with Gasteiger partial charge in [0.2, 0.25) is 0 Å². The summed E-state index contributed by atoms with van der Waals surface area (Å²) in [5.74, 6) is -0.323. The largest absolute Gasteiger partial charge is 0.465 e. The zero-order valence-electron chi connectivity index (χ0n) is 12.7. The SMILES string of the molecule is CCCCCCc1ccc(CC(N)C(=O)OCC)cc1. The fraction of sp³-hybridized carbons (Fsp3) is 0.588. The summed E-state index contributed by atoms with van der Waals surface area (Å²) < 4.78 is 4.91. The van der Waals surface area contributed by atoms with E-state index in [1.807, 2.05) is 0 Å². The zero-order valence-corrected chi connectivity index (χ0v) is 12.7. The van der Waals surface area contributed by atoms with Gasteiger partial charge < -0.3 is 10.5 Å². The van der Waals surface area contributed by atoms with E-state index in [1.54, 1.807) is 6.92 Å². The second-order valence-electron chi connectivity index (χ2n) is 5.19. The van der Waals surface area contributed by atoms with Crippen molar-refractivity contribution < 1.29 is 9.53 Å². The third-order valence-corrected chi connectivity index (χ3v) is 3.39. The van der Waals surface area contributed by atoms with Crippen LogP contribution in [-0.4, -0.2) is 18.6 Å². The van der Waals surface area contributed by atoms with Crippen LogP contribution in [0.5, 0.6) is 0 Å². The Morgan fingerprint density at radius 3 is 2.35 bits per heavy atom. The fourth-order valence-electron chi connectivity index (χ4n) is 2.18. The number of unbranched alkanes of at least 4 members (excludes halogenated alkanes) is 3. The highest BCUT2D eigenvalue weighted by atomic mass is 16.5. The lowest BCUT2D eigenvalue weighted by molar-refractivity contribution is -0.144. The minimum atomic E-state index is -0.564. The highest BCUT2D eigenvalue weighted by molar-refractivity contribution is 5.75. The molecule has 0 aliphatic heterocycles. The quantitative estimate of drug-likeness (QED) is 0.557. The van der Waals surface area contributed by atoms with Crippen molar-refractivity contribution >= 4 is 5.97 Å². The molecule has 0 aliphatic carbocycles. The van der Waals surface area contributed by atoms with Crippen LogP contribution in [0, 0.1) is 0 Å². The number of carbonyl (C=O) groups excluding carboxylic acids is 1. The van der Waals surface area contributed by atoms with Crippen LogP contribution in [0.2, 0.25) is 0 Å². The molecule has 0 aliphatic rings. The highest BCUT2D eigenvalue weighted by Gasteiger charge is 2.14. The summed E-state index contributed by atoms with van der Waals surface area (Å²) in [4.78, 5) is 11.5. The smallest absolute Gasteiger partial charge is 0.323 e. The van der Waals surface area contributed by atoms with Crippen molar-refractivity contribution in [3.63, 3.8) is 0 Å². The van der Waals surface area contributed by atoms with E-state index in [-0.39, 0.29) is 5.97 Å². The molecule has 2 N–H and O–H groups in total. The number of hydrogen-bond donors (Lipinski definition) is 1. The molecule has 1 unspecified atom stereocenters. The molecule has 0 radical (unpaired) electrons. The van der Waals surface area contributed by atoms with Crippen LogP contribution in [0.1, 0.15) is 50.7 Å². The van der Waals surface area contributed by atoms with Gasteiger partial charge in [-0.05, 0) is 37.3 Å². The van der Waals surface area contributed by atoms with E-state index in [0.29, 0.717) is 13.0 Å². The van der Waals surface area contributed by atoms with Gasteiger partial charge in [-0.2, -0.15) is 0 Å². The Balaban J connectivity index is 2.40. The lowest BCUT2D eigenvalue weighted by Gasteiger charge is -2.11. The van der Waals surface area contributed by atoms with Gasteiger partial charge in [0.05, 0.1) is 6.61 Å². The first-order valence-electron chi connectivity index (χ1n) is 7.67. The lowest BCUT2D eigenvalue weighted by Crippen LogP contribution is -2.34. The number of rotatable bonds is 9. The Labute approximate surface area is 122 Å².